The monoisotopic (exact) mass is 484 g/mol. The molecule has 7 rings (SSSR count). The van der Waals surface area contributed by atoms with E-state index in [9.17, 15) is 0 Å². The van der Waals surface area contributed by atoms with Gasteiger partial charge in [-0.3, -0.25) is 0 Å². The maximum absolute atomic E-state index is 6.25. The van der Waals surface area contributed by atoms with Crippen molar-refractivity contribution in [2.75, 3.05) is 0 Å². The first-order valence-corrected chi connectivity index (χ1v) is 13.2. The molecule has 0 aliphatic heterocycles. The lowest BCUT2D eigenvalue weighted by atomic mass is 10.1. The molecule has 0 aliphatic carbocycles. The second-order valence-electron chi connectivity index (χ2n) is 8.62. The first kappa shape index (κ1) is 20.5. The van der Waals surface area contributed by atoms with E-state index in [4.69, 9.17) is 4.42 Å². The van der Waals surface area contributed by atoms with Crippen molar-refractivity contribution in [1.82, 2.24) is 0 Å². The van der Waals surface area contributed by atoms with Crippen molar-refractivity contribution in [3.63, 3.8) is 0 Å². The van der Waals surface area contributed by atoms with E-state index in [1.54, 1.807) is 0 Å². The zero-order valence-corrected chi connectivity index (χ0v) is 20.4. The van der Waals surface area contributed by atoms with Gasteiger partial charge in [0.25, 0.3) is 0 Å². The van der Waals surface area contributed by atoms with Gasteiger partial charge < -0.3 is 4.42 Å². The molecule has 7 aromatic rings. The van der Waals surface area contributed by atoms with Crippen LogP contribution in [0.1, 0.15) is 0 Å². The molecule has 4 aromatic carbocycles. The van der Waals surface area contributed by atoms with E-state index in [0.29, 0.717) is 0 Å². The summed E-state index contributed by atoms with van der Waals surface area (Å²) in [5, 5.41) is 2.59. The van der Waals surface area contributed by atoms with Gasteiger partial charge in [0.1, 0.15) is 11.5 Å². The lowest BCUT2D eigenvalue weighted by Crippen LogP contribution is -1.77. The Balaban J connectivity index is 1.13. The number of rotatable bonds is 4. The Morgan fingerprint density at radius 1 is 0.400 bits per heavy atom. The molecule has 3 aromatic heterocycles. The van der Waals surface area contributed by atoms with Gasteiger partial charge in [0.2, 0.25) is 0 Å². The first-order chi connectivity index (χ1) is 17.3. The van der Waals surface area contributed by atoms with Crippen LogP contribution in [0.2, 0.25) is 0 Å². The number of hydrogen-bond acceptors (Lipinski definition) is 3. The second kappa shape index (κ2) is 8.38. The molecule has 0 fully saturated rings. The molecule has 0 amide bonds. The largest absolute Gasteiger partial charge is 0.456 e. The molecule has 0 radical (unpaired) electrons. The Bertz CT molecular complexity index is 1580. The highest BCUT2D eigenvalue weighted by molar-refractivity contribution is 7.22. The Kier molecular flexibility index (Phi) is 4.90. The van der Waals surface area contributed by atoms with Crippen LogP contribution in [0.15, 0.2) is 126 Å². The van der Waals surface area contributed by atoms with E-state index in [-0.39, 0.29) is 0 Å². The van der Waals surface area contributed by atoms with Crippen molar-refractivity contribution in [2.45, 2.75) is 0 Å². The van der Waals surface area contributed by atoms with Crippen molar-refractivity contribution in [1.29, 1.82) is 0 Å². The van der Waals surface area contributed by atoms with Crippen LogP contribution in [0, 0.1) is 0 Å². The average Bonchev–Trinajstić information content (AvgIpc) is 3.67. The minimum atomic E-state index is 0.886. The average molecular weight is 485 g/mol. The predicted octanol–water partition coefficient (Wildman–Crippen LogP) is 10.4. The Hall–Kier alpha value is -3.92. The topological polar surface area (TPSA) is 13.1 Å². The molecule has 3 heteroatoms. The molecule has 166 valence electrons. The molecule has 3 heterocycles. The fourth-order valence-electron chi connectivity index (χ4n) is 4.49. The normalized spacial score (nSPS) is 11.4. The van der Waals surface area contributed by atoms with Crippen LogP contribution in [-0.2, 0) is 0 Å². The fraction of sp³-hybridized carbons (Fsp3) is 0. The lowest BCUT2D eigenvalue weighted by Gasteiger charge is -2.02. The van der Waals surface area contributed by atoms with Gasteiger partial charge in [0, 0.05) is 30.3 Å². The molecular weight excluding hydrogens is 464 g/mol. The van der Waals surface area contributed by atoms with Crippen molar-refractivity contribution < 1.29 is 4.42 Å². The number of hydrogen-bond donors (Lipinski definition) is 0. The van der Waals surface area contributed by atoms with E-state index in [2.05, 4.69) is 121 Å². The third-order valence-electron chi connectivity index (χ3n) is 6.36. The summed E-state index contributed by atoms with van der Waals surface area (Å²) in [5.41, 5.74) is 4.64. The van der Waals surface area contributed by atoms with E-state index in [0.717, 1.165) is 22.6 Å². The van der Waals surface area contributed by atoms with Crippen molar-refractivity contribution in [3.05, 3.63) is 121 Å². The van der Waals surface area contributed by atoms with Gasteiger partial charge in [-0.2, -0.15) is 0 Å². The van der Waals surface area contributed by atoms with E-state index in [1.165, 1.54) is 41.1 Å². The van der Waals surface area contributed by atoms with Crippen LogP contribution in [0.3, 0.4) is 0 Å². The Morgan fingerprint density at radius 2 is 0.800 bits per heavy atom. The maximum atomic E-state index is 6.25. The zero-order valence-electron chi connectivity index (χ0n) is 18.8. The van der Waals surface area contributed by atoms with Crippen LogP contribution < -0.4 is 0 Å². The number of thiophene rings is 2. The molecule has 0 saturated heterocycles. The Labute approximate surface area is 211 Å². The van der Waals surface area contributed by atoms with Gasteiger partial charge in [-0.15, -0.1) is 22.7 Å². The summed E-state index contributed by atoms with van der Waals surface area (Å²) in [6, 6.07) is 43.0. The second-order valence-corrected chi connectivity index (χ2v) is 10.8. The third kappa shape index (κ3) is 3.79. The molecule has 0 bridgehead atoms. The smallest absolute Gasteiger partial charge is 0.134 e. The number of fused-ring (bicyclic) bond motifs is 2. The molecule has 0 N–H and O–H groups in total. The van der Waals surface area contributed by atoms with Gasteiger partial charge in [0.05, 0.1) is 0 Å². The van der Waals surface area contributed by atoms with E-state index >= 15 is 0 Å². The molecule has 1 nitrogen and oxygen atoms in total. The summed E-state index contributed by atoms with van der Waals surface area (Å²) in [6.45, 7) is 0. The molecule has 0 atom stereocenters. The van der Waals surface area contributed by atoms with Crippen LogP contribution in [0.4, 0.5) is 0 Å². The van der Waals surface area contributed by atoms with Gasteiger partial charge in [0.15, 0.2) is 0 Å². The summed E-state index contributed by atoms with van der Waals surface area (Å²) in [7, 11) is 0. The van der Waals surface area contributed by atoms with Crippen molar-refractivity contribution >= 4 is 42.8 Å². The highest BCUT2D eigenvalue weighted by Gasteiger charge is 2.10. The minimum absolute atomic E-state index is 0.886. The van der Waals surface area contributed by atoms with Gasteiger partial charge >= 0.3 is 0 Å². The molecular formula is C32H20OS2. The molecule has 0 saturated carbocycles. The highest BCUT2D eigenvalue weighted by atomic mass is 32.1. The zero-order chi connectivity index (χ0) is 23.2. The molecule has 35 heavy (non-hydrogen) atoms. The number of benzene rings is 4. The van der Waals surface area contributed by atoms with Crippen LogP contribution in [-0.4, -0.2) is 0 Å². The minimum Gasteiger partial charge on any atom is -0.456 e. The molecule has 0 unspecified atom stereocenters. The van der Waals surface area contributed by atoms with Crippen molar-refractivity contribution in [2.24, 2.45) is 0 Å². The summed E-state index contributed by atoms with van der Waals surface area (Å²) < 4.78 is 8.89. The van der Waals surface area contributed by atoms with Crippen LogP contribution in [0.25, 0.3) is 63.7 Å². The summed E-state index contributed by atoms with van der Waals surface area (Å²) in [6.07, 6.45) is 0. The van der Waals surface area contributed by atoms with Gasteiger partial charge in [-0.25, -0.2) is 0 Å². The van der Waals surface area contributed by atoms with Crippen molar-refractivity contribution in [3.8, 4) is 43.5 Å². The summed E-state index contributed by atoms with van der Waals surface area (Å²) in [4.78, 5) is 2.58. The standard InChI is InChI=1S/C32H20OS2/c1-3-7-29-25(5-1)19-31(34-29)23-13-9-21(10-14-23)27-17-18-28(33-27)22-11-15-24(16-12-22)32-20-26-6-2-4-8-30(26)35-32/h1-20H. The van der Waals surface area contributed by atoms with E-state index < -0.39 is 0 Å². The number of furan rings is 1. The summed E-state index contributed by atoms with van der Waals surface area (Å²) >= 11 is 3.66. The SMILES string of the molecule is c1ccc2sc(-c3ccc(-c4ccc(-c5ccc(-c6cc7ccccc7s6)cc5)o4)cc3)cc2c1. The first-order valence-electron chi connectivity index (χ1n) is 11.6. The maximum Gasteiger partial charge on any atom is 0.134 e. The van der Waals surface area contributed by atoms with Gasteiger partial charge in [-0.1, -0.05) is 84.9 Å². The van der Waals surface area contributed by atoms with Crippen LogP contribution in [0.5, 0.6) is 0 Å². The van der Waals surface area contributed by atoms with E-state index in [1.807, 2.05) is 22.7 Å². The summed E-state index contributed by atoms with van der Waals surface area (Å²) in [5.74, 6) is 1.77. The molecule has 0 spiro atoms. The Morgan fingerprint density at radius 3 is 1.23 bits per heavy atom. The van der Waals surface area contributed by atoms with Gasteiger partial charge in [-0.05, 0) is 58.3 Å². The molecule has 0 aliphatic rings. The predicted molar refractivity (Wildman–Crippen MR) is 151 cm³/mol. The van der Waals surface area contributed by atoms with Crippen LogP contribution >= 0.6 is 22.7 Å². The lowest BCUT2D eigenvalue weighted by molar-refractivity contribution is 0.597. The quantitative estimate of drug-likeness (QED) is 0.242. The third-order valence-corrected chi connectivity index (χ3v) is 8.70. The highest BCUT2D eigenvalue weighted by Crippen LogP contribution is 2.37. The fourth-order valence-corrected chi connectivity index (χ4v) is 6.63.